The Kier molecular flexibility index (Phi) is 6.99. The van der Waals surface area contributed by atoms with Gasteiger partial charge in [-0.15, -0.1) is 0 Å². The standard InChI is InChI=1S/C23H28N4O5/c1-14(2)17-12-18(20(30)13-19(17)29)22-24-25-23(32)27(22)16-7-5-15(6-8-16)11-21(31)26(3)9-4-10-28/h5-8,12-14,28-30H,4,9-11H2,1-3H3,(H,25,32). The van der Waals surface area contributed by atoms with Crippen molar-refractivity contribution in [2.45, 2.75) is 32.6 Å². The summed E-state index contributed by atoms with van der Waals surface area (Å²) in [6, 6.07) is 9.79. The van der Waals surface area contributed by atoms with E-state index in [-0.39, 0.29) is 42.2 Å². The molecule has 1 amide bonds. The van der Waals surface area contributed by atoms with Crippen LogP contribution in [0.15, 0.2) is 41.2 Å². The fourth-order valence-corrected chi connectivity index (χ4v) is 3.46. The van der Waals surface area contributed by atoms with Gasteiger partial charge in [-0.05, 0) is 41.7 Å². The number of rotatable bonds is 8. The number of carbonyl (C=O) groups excluding carboxylic acids is 1. The molecule has 1 heterocycles. The molecule has 9 heteroatoms. The van der Waals surface area contributed by atoms with Crippen LogP contribution in [0.25, 0.3) is 17.1 Å². The van der Waals surface area contributed by atoms with Crippen molar-refractivity contribution >= 4 is 5.91 Å². The summed E-state index contributed by atoms with van der Waals surface area (Å²) in [5, 5.41) is 35.9. The second-order valence-electron chi connectivity index (χ2n) is 8.01. The second kappa shape index (κ2) is 9.69. The van der Waals surface area contributed by atoms with Crippen LogP contribution >= 0.6 is 0 Å². The number of benzene rings is 2. The van der Waals surface area contributed by atoms with Gasteiger partial charge in [0, 0.05) is 26.3 Å². The van der Waals surface area contributed by atoms with E-state index < -0.39 is 5.69 Å². The molecule has 0 saturated carbocycles. The van der Waals surface area contributed by atoms with Crippen molar-refractivity contribution in [1.82, 2.24) is 19.7 Å². The lowest BCUT2D eigenvalue weighted by Crippen LogP contribution is -2.29. The molecule has 9 nitrogen and oxygen atoms in total. The van der Waals surface area contributed by atoms with Crippen LogP contribution in [0.5, 0.6) is 11.5 Å². The first-order valence-electron chi connectivity index (χ1n) is 10.4. The van der Waals surface area contributed by atoms with Gasteiger partial charge in [-0.25, -0.2) is 14.5 Å². The predicted octanol–water partition coefficient (Wildman–Crippen LogP) is 2.15. The van der Waals surface area contributed by atoms with Crippen LogP contribution in [0, 0.1) is 0 Å². The summed E-state index contributed by atoms with van der Waals surface area (Å²) in [7, 11) is 1.69. The Labute approximate surface area is 185 Å². The van der Waals surface area contributed by atoms with Gasteiger partial charge in [0.15, 0.2) is 5.82 Å². The van der Waals surface area contributed by atoms with Crippen LogP contribution in [0.4, 0.5) is 0 Å². The third-order valence-electron chi connectivity index (χ3n) is 5.31. The van der Waals surface area contributed by atoms with Gasteiger partial charge >= 0.3 is 5.69 Å². The normalized spacial score (nSPS) is 11.2. The first-order chi connectivity index (χ1) is 15.2. The topological polar surface area (TPSA) is 132 Å². The zero-order valence-electron chi connectivity index (χ0n) is 18.4. The monoisotopic (exact) mass is 440 g/mol. The van der Waals surface area contributed by atoms with Crippen molar-refractivity contribution < 1.29 is 20.1 Å². The first kappa shape index (κ1) is 23.1. The second-order valence-corrected chi connectivity index (χ2v) is 8.01. The largest absolute Gasteiger partial charge is 0.508 e. The number of carbonyl (C=O) groups is 1. The van der Waals surface area contributed by atoms with Gasteiger partial charge in [0.1, 0.15) is 11.5 Å². The third-order valence-corrected chi connectivity index (χ3v) is 5.31. The van der Waals surface area contributed by atoms with Gasteiger partial charge in [0.2, 0.25) is 5.91 Å². The van der Waals surface area contributed by atoms with Crippen LogP contribution in [0.1, 0.15) is 37.3 Å². The molecule has 4 N–H and O–H groups in total. The number of phenolic OH excluding ortho intramolecular Hbond substituents is 2. The number of aliphatic hydroxyl groups is 1. The molecule has 2 aromatic carbocycles. The molecule has 0 radical (unpaired) electrons. The van der Waals surface area contributed by atoms with E-state index in [1.54, 1.807) is 42.3 Å². The van der Waals surface area contributed by atoms with Crippen LogP contribution in [-0.4, -0.2) is 61.1 Å². The minimum Gasteiger partial charge on any atom is -0.508 e. The van der Waals surface area contributed by atoms with Crippen molar-refractivity contribution in [3.63, 3.8) is 0 Å². The summed E-state index contributed by atoms with van der Waals surface area (Å²) in [6.07, 6.45) is 0.724. The van der Waals surface area contributed by atoms with E-state index in [0.29, 0.717) is 29.8 Å². The van der Waals surface area contributed by atoms with Crippen molar-refractivity contribution in [3.8, 4) is 28.6 Å². The molecular formula is C23H28N4O5. The number of nitrogens with one attached hydrogen (secondary N) is 1. The smallest absolute Gasteiger partial charge is 0.348 e. The first-order valence-corrected chi connectivity index (χ1v) is 10.4. The highest BCUT2D eigenvalue weighted by atomic mass is 16.3. The highest BCUT2D eigenvalue weighted by Gasteiger charge is 2.19. The van der Waals surface area contributed by atoms with E-state index in [1.807, 2.05) is 13.8 Å². The third kappa shape index (κ3) is 4.83. The molecule has 170 valence electrons. The van der Waals surface area contributed by atoms with E-state index in [0.717, 1.165) is 5.56 Å². The number of aliphatic hydroxyl groups excluding tert-OH is 1. The number of nitrogens with zero attached hydrogens (tertiary/aromatic N) is 3. The van der Waals surface area contributed by atoms with Gasteiger partial charge in [0.05, 0.1) is 17.7 Å². The Morgan fingerprint density at radius 1 is 1.16 bits per heavy atom. The quantitative estimate of drug-likeness (QED) is 0.424. The Bertz CT molecular complexity index is 1150. The van der Waals surface area contributed by atoms with E-state index in [2.05, 4.69) is 10.2 Å². The summed E-state index contributed by atoms with van der Waals surface area (Å²) in [5.74, 6) is -0.0747. The Morgan fingerprint density at radius 2 is 1.84 bits per heavy atom. The number of H-pyrrole nitrogens is 1. The molecule has 0 aliphatic rings. The lowest BCUT2D eigenvalue weighted by Gasteiger charge is -2.16. The average molecular weight is 441 g/mol. The Balaban J connectivity index is 1.92. The Hall–Kier alpha value is -3.59. The molecule has 3 rings (SSSR count). The highest BCUT2D eigenvalue weighted by molar-refractivity contribution is 5.78. The molecule has 0 spiro atoms. The molecule has 0 atom stereocenters. The van der Waals surface area contributed by atoms with Gasteiger partial charge in [-0.1, -0.05) is 26.0 Å². The van der Waals surface area contributed by atoms with Crippen LogP contribution in [0.3, 0.4) is 0 Å². The average Bonchev–Trinajstić information content (AvgIpc) is 3.13. The summed E-state index contributed by atoms with van der Waals surface area (Å²) in [5.41, 5.74) is 1.75. The number of likely N-dealkylation sites (N-methyl/N-ethyl adjacent to an activating group) is 1. The van der Waals surface area contributed by atoms with E-state index in [1.165, 1.54) is 10.6 Å². The highest BCUT2D eigenvalue weighted by Crippen LogP contribution is 2.37. The number of phenols is 2. The number of amides is 1. The van der Waals surface area contributed by atoms with Crippen molar-refractivity contribution in [2.75, 3.05) is 20.2 Å². The lowest BCUT2D eigenvalue weighted by molar-refractivity contribution is -0.129. The maximum atomic E-state index is 12.5. The summed E-state index contributed by atoms with van der Waals surface area (Å²) >= 11 is 0. The van der Waals surface area contributed by atoms with Gasteiger partial charge in [0.25, 0.3) is 0 Å². The SMILES string of the molecule is CC(C)c1cc(-c2n[nH]c(=O)n2-c2ccc(CC(=O)N(C)CCCO)cc2)c(O)cc1O. The van der Waals surface area contributed by atoms with Crippen molar-refractivity contribution in [1.29, 1.82) is 0 Å². The molecule has 32 heavy (non-hydrogen) atoms. The molecule has 1 aromatic heterocycles. The summed E-state index contributed by atoms with van der Waals surface area (Å²) in [6.45, 7) is 4.34. The van der Waals surface area contributed by atoms with Crippen molar-refractivity contribution in [3.05, 3.63) is 58.0 Å². The minimum atomic E-state index is -0.480. The molecule has 0 unspecified atom stereocenters. The van der Waals surface area contributed by atoms with Gasteiger partial charge in [-0.3, -0.25) is 4.79 Å². The number of hydrogen-bond donors (Lipinski definition) is 4. The molecule has 0 aliphatic heterocycles. The molecular weight excluding hydrogens is 412 g/mol. The number of aromatic hydroxyl groups is 2. The van der Waals surface area contributed by atoms with Gasteiger partial charge < -0.3 is 20.2 Å². The summed E-state index contributed by atoms with van der Waals surface area (Å²) in [4.78, 5) is 26.4. The zero-order chi connectivity index (χ0) is 23.4. The van der Waals surface area contributed by atoms with Crippen molar-refractivity contribution in [2.24, 2.45) is 0 Å². The fourth-order valence-electron chi connectivity index (χ4n) is 3.46. The molecule has 3 aromatic rings. The fraction of sp³-hybridized carbons (Fsp3) is 0.348. The summed E-state index contributed by atoms with van der Waals surface area (Å²) < 4.78 is 1.33. The van der Waals surface area contributed by atoms with Crippen LogP contribution < -0.4 is 5.69 Å². The van der Waals surface area contributed by atoms with E-state index in [9.17, 15) is 19.8 Å². The number of aromatic amines is 1. The molecule has 0 fully saturated rings. The minimum absolute atomic E-state index is 0.000735. The zero-order valence-corrected chi connectivity index (χ0v) is 18.4. The maximum Gasteiger partial charge on any atom is 0.348 e. The maximum absolute atomic E-state index is 12.5. The van der Waals surface area contributed by atoms with Gasteiger partial charge in [-0.2, -0.15) is 5.10 Å². The molecule has 0 saturated heterocycles. The number of hydrogen-bond acceptors (Lipinski definition) is 6. The van der Waals surface area contributed by atoms with E-state index >= 15 is 0 Å². The molecule has 0 aliphatic carbocycles. The van der Waals surface area contributed by atoms with Crippen LogP contribution in [0.2, 0.25) is 0 Å². The predicted molar refractivity (Wildman–Crippen MR) is 120 cm³/mol. The van der Waals surface area contributed by atoms with E-state index in [4.69, 9.17) is 5.11 Å². The van der Waals surface area contributed by atoms with Crippen LogP contribution in [-0.2, 0) is 11.2 Å². The number of aromatic nitrogens is 3. The molecule has 0 bridgehead atoms. The Morgan fingerprint density at radius 3 is 2.47 bits per heavy atom. The lowest BCUT2D eigenvalue weighted by atomic mass is 9.98.